The van der Waals surface area contributed by atoms with E-state index in [-0.39, 0.29) is 0 Å². The monoisotopic (exact) mass is 757 g/mol. The summed E-state index contributed by atoms with van der Waals surface area (Å²) in [6, 6.07) is 0. The quantitative estimate of drug-likeness (QED) is 0.130. The van der Waals surface area contributed by atoms with Gasteiger partial charge in [-0.05, 0) is 0 Å². The molecule has 0 aromatic heterocycles. The van der Waals surface area contributed by atoms with Crippen molar-refractivity contribution >= 4 is 107 Å². The molecule has 31 heavy (non-hydrogen) atoms. The fourth-order valence-electron chi connectivity index (χ4n) is 1.17. The third kappa shape index (κ3) is 10.8. The van der Waals surface area contributed by atoms with Crippen molar-refractivity contribution in [1.29, 1.82) is 0 Å². The molecule has 0 aromatic carbocycles. The molecule has 0 aliphatic rings. The average molecular weight is 757 g/mol. The van der Waals surface area contributed by atoms with Crippen molar-refractivity contribution in [3.8, 4) is 0 Å². The second kappa shape index (κ2) is 16.1. The third-order valence-corrected chi connectivity index (χ3v) is 95.8. The molecule has 0 saturated carbocycles. The van der Waals surface area contributed by atoms with E-state index >= 15 is 0 Å². The molecule has 188 valence electrons. The van der Waals surface area contributed by atoms with Crippen LogP contribution in [0.2, 0.25) is 0 Å². The molecule has 0 nitrogen and oxygen atoms in total. The molecule has 0 saturated heterocycles. The second-order valence-electron chi connectivity index (χ2n) is 3.53. The van der Waals surface area contributed by atoms with Gasteiger partial charge in [0, 0.05) is 19.6 Å². The summed E-state index contributed by atoms with van der Waals surface area (Å²) in [6.07, 6.45) is 0. The first kappa shape index (κ1) is 35.8. The lowest BCUT2D eigenvalue weighted by atomic mass is 18.8. The minimum atomic E-state index is -7.70. The van der Waals surface area contributed by atoms with Crippen LogP contribution in [0.5, 0.6) is 0 Å². The van der Waals surface area contributed by atoms with Gasteiger partial charge >= 0.3 is 65.5 Å². The first-order valence-corrected chi connectivity index (χ1v) is 32.0. The van der Waals surface area contributed by atoms with Gasteiger partial charge in [0.25, 0.3) is 6.99 Å². The van der Waals surface area contributed by atoms with Crippen LogP contribution < -0.4 is 0 Å². The maximum atomic E-state index is 13.3. The molecule has 0 amide bonds. The molecule has 0 aliphatic carbocycles. The molecule has 0 rings (SSSR count). The molecule has 0 heterocycles. The van der Waals surface area contributed by atoms with E-state index in [1.165, 1.54) is 0 Å². The summed E-state index contributed by atoms with van der Waals surface area (Å²) >= 11 is 0. The van der Waals surface area contributed by atoms with Crippen molar-refractivity contribution < 1.29 is 71.3 Å². The van der Waals surface area contributed by atoms with Crippen LogP contribution in [0, 0.1) is 0 Å². The van der Waals surface area contributed by atoms with E-state index in [9.17, 15) is 71.3 Å². The van der Waals surface area contributed by atoms with Gasteiger partial charge in [-0.1, -0.05) is 0 Å². The number of rotatable bonds is 13. The van der Waals surface area contributed by atoms with E-state index in [1.807, 2.05) is 0 Å². The van der Waals surface area contributed by atoms with E-state index in [4.69, 9.17) is 0 Å². The van der Waals surface area contributed by atoms with Crippen LogP contribution in [0.1, 0.15) is 0 Å². The lowest BCUT2D eigenvalue weighted by Gasteiger charge is -2.38. The fourth-order valence-corrected chi connectivity index (χ4v) is 152. The number of halogens is 17. The van der Waals surface area contributed by atoms with Crippen molar-refractivity contribution in [2.45, 2.75) is 0 Å². The van der Waals surface area contributed by atoms with Gasteiger partial charge in [-0.2, -0.15) is 58.8 Å². The van der Waals surface area contributed by atoms with Crippen LogP contribution in [0.15, 0.2) is 0 Å². The summed E-state index contributed by atoms with van der Waals surface area (Å²) in [5.74, 6) is 0. The Morgan fingerprint density at radius 1 is 0.290 bits per heavy atom. The number of hydrogen-bond donors (Lipinski definition) is 0. The van der Waals surface area contributed by atoms with Crippen molar-refractivity contribution in [1.82, 2.24) is 0 Å². The maximum absolute atomic E-state index is 13.3. The summed E-state index contributed by atoms with van der Waals surface area (Å²) in [5.41, 5.74) is 0. The zero-order valence-electron chi connectivity index (χ0n) is 12.7. The molecule has 31 heteroatoms. The molecule has 0 spiro atoms. The first-order chi connectivity index (χ1) is 13.9. The Balaban J connectivity index is 7.32. The average Bonchev–Trinajstić information content (AvgIpc) is 2.49. The van der Waals surface area contributed by atoms with Crippen LogP contribution in [0.25, 0.3) is 0 Å². The molecule has 0 N–H and O–H groups in total. The van der Waals surface area contributed by atoms with Crippen LogP contribution in [-0.4, -0.2) is 0 Å². The van der Waals surface area contributed by atoms with Crippen molar-refractivity contribution in [2.24, 2.45) is 0 Å². The predicted octanol–water partition coefficient (Wildman–Crippen LogP) is 19.2. The van der Waals surface area contributed by atoms with Crippen LogP contribution >= 0.6 is 107 Å². The smallest absolute Gasteiger partial charge is 0.183 e. The van der Waals surface area contributed by atoms with Gasteiger partial charge in [-0.25, -0.2) is 0 Å². The standard InChI is InChI=1S/F17P14/c1-18(2)25(19(3)4)28(26(20(5)6)21(7)8)29(27(22(9)10)23(11)12)30(24(13)14)31(15,16)17/q+1. The van der Waals surface area contributed by atoms with Crippen molar-refractivity contribution in [3.63, 3.8) is 0 Å². The van der Waals surface area contributed by atoms with Crippen LogP contribution in [0.3, 0.4) is 0 Å². The maximum Gasteiger partial charge on any atom is 0.597 e. The Kier molecular flexibility index (Phi) is 18.6. The largest absolute Gasteiger partial charge is 0.597 e. The lowest BCUT2D eigenvalue weighted by molar-refractivity contribution is 0.620. The first-order valence-electron chi connectivity index (χ1n) is 5.47. The molecule has 0 aliphatic heterocycles. The Morgan fingerprint density at radius 2 is 0.516 bits per heavy atom. The highest BCUT2D eigenvalue weighted by Crippen LogP contribution is 3.37. The van der Waals surface area contributed by atoms with E-state index in [1.54, 1.807) is 0 Å². The normalized spacial score (nSPS) is 16.3. The second-order valence-corrected chi connectivity index (χ2v) is 57.0. The van der Waals surface area contributed by atoms with Crippen LogP contribution in [0.4, 0.5) is 71.3 Å². The Bertz CT molecular complexity index is 458. The highest BCUT2D eigenvalue weighted by molar-refractivity contribution is 9.32. The zero-order valence-corrected chi connectivity index (χ0v) is 25.2. The highest BCUT2D eigenvalue weighted by Gasteiger charge is 2.73. The fraction of sp³-hybridized carbons (Fsp3) is 0. The SMILES string of the molecule is FP(F)P(P(F)F)P(P(P(F)F)P(F)F)P(P(P(F)F)P(F)F)P(P(F)F)[P+](F)(F)F. The summed E-state index contributed by atoms with van der Waals surface area (Å²) in [6.45, 7) is -29.8. The van der Waals surface area contributed by atoms with Gasteiger partial charge in [0.2, 0.25) is 0 Å². The van der Waals surface area contributed by atoms with Crippen LogP contribution in [-0.2, 0) is 0 Å². The van der Waals surface area contributed by atoms with Crippen molar-refractivity contribution in [3.05, 3.63) is 0 Å². The van der Waals surface area contributed by atoms with Gasteiger partial charge in [-0.3, -0.25) is 0 Å². The van der Waals surface area contributed by atoms with Gasteiger partial charge in [0.15, 0.2) is 0 Å². The topological polar surface area (TPSA) is 0 Å². The summed E-state index contributed by atoms with van der Waals surface area (Å²) in [5, 5.41) is 0. The summed E-state index contributed by atoms with van der Waals surface area (Å²) in [4.78, 5) is 0. The number of hydrogen-bond acceptors (Lipinski definition) is 0. The summed E-state index contributed by atoms with van der Waals surface area (Å²) in [7, 11) is -45.1. The molecule has 0 radical (unpaired) electrons. The predicted molar refractivity (Wildman–Crippen MR) is 116 cm³/mol. The summed E-state index contributed by atoms with van der Waals surface area (Å²) < 4.78 is 226. The van der Waals surface area contributed by atoms with E-state index in [0.29, 0.717) is 0 Å². The molecule has 0 bridgehead atoms. The minimum Gasteiger partial charge on any atom is -0.183 e. The molecule has 0 fully saturated rings. The molecular weight excluding hydrogens is 757 g/mol. The van der Waals surface area contributed by atoms with E-state index in [2.05, 4.69) is 0 Å². The zero-order chi connectivity index (χ0) is 25.0. The van der Waals surface area contributed by atoms with E-state index < -0.39 is 107 Å². The van der Waals surface area contributed by atoms with Gasteiger partial charge in [0.1, 0.15) is 21.0 Å². The Morgan fingerprint density at radius 3 is 0.677 bits per heavy atom. The highest BCUT2D eigenvalue weighted by atomic mass is 33.3. The van der Waals surface area contributed by atoms with Gasteiger partial charge in [-0.15, -0.1) is 0 Å². The van der Waals surface area contributed by atoms with Gasteiger partial charge in [0.05, 0.1) is 6.99 Å². The molecule has 2 unspecified atom stereocenters. The Labute approximate surface area is 178 Å². The van der Waals surface area contributed by atoms with Gasteiger partial charge < -0.3 is 0 Å². The van der Waals surface area contributed by atoms with E-state index in [0.717, 1.165) is 0 Å². The third-order valence-electron chi connectivity index (χ3n) is 1.95. The Hall–Kier alpha value is 4.83. The van der Waals surface area contributed by atoms with Crippen molar-refractivity contribution in [2.75, 3.05) is 0 Å². The minimum absolute atomic E-state index is 4.83. The molecule has 0 aromatic rings. The molecular formula is F17P14+. The molecule has 2 atom stereocenters. The lowest BCUT2D eigenvalue weighted by Crippen LogP contribution is -1.71.